The molecular formula is C15H22N2O3. The lowest BCUT2D eigenvalue weighted by atomic mass is 9.91. The van der Waals surface area contributed by atoms with Gasteiger partial charge in [0.05, 0.1) is 19.6 Å². The maximum atomic E-state index is 12.1. The standard InChI is InChI=1S/C15H22N2O3/c16-12-3-1-6-14(11-12)20-10-7-15(19)17(8-9-18)13-4-2-5-13/h1,3,6,11,13,18H,2,4-5,7-10,16H2. The molecule has 110 valence electrons. The Kier molecular flexibility index (Phi) is 5.24. The number of carbonyl (C=O) groups excluding carboxylic acids is 1. The summed E-state index contributed by atoms with van der Waals surface area (Å²) in [5, 5.41) is 9.05. The van der Waals surface area contributed by atoms with Crippen molar-refractivity contribution in [2.45, 2.75) is 31.7 Å². The van der Waals surface area contributed by atoms with Crippen LogP contribution in [0.2, 0.25) is 0 Å². The van der Waals surface area contributed by atoms with Crippen LogP contribution in [0, 0.1) is 0 Å². The number of anilines is 1. The van der Waals surface area contributed by atoms with Crippen molar-refractivity contribution in [1.29, 1.82) is 0 Å². The first-order valence-electron chi connectivity index (χ1n) is 7.09. The van der Waals surface area contributed by atoms with Gasteiger partial charge in [-0.15, -0.1) is 0 Å². The molecule has 0 aromatic heterocycles. The van der Waals surface area contributed by atoms with E-state index in [0.29, 0.717) is 37.1 Å². The number of nitrogens with zero attached hydrogens (tertiary/aromatic N) is 1. The molecule has 1 aromatic rings. The number of aliphatic hydroxyl groups excluding tert-OH is 1. The Morgan fingerprint density at radius 1 is 1.45 bits per heavy atom. The van der Waals surface area contributed by atoms with Crippen LogP contribution in [0.1, 0.15) is 25.7 Å². The van der Waals surface area contributed by atoms with E-state index >= 15 is 0 Å². The molecule has 3 N–H and O–H groups in total. The molecule has 1 saturated carbocycles. The summed E-state index contributed by atoms with van der Waals surface area (Å²) in [7, 11) is 0. The van der Waals surface area contributed by atoms with Gasteiger partial charge in [0.15, 0.2) is 0 Å². The van der Waals surface area contributed by atoms with E-state index in [0.717, 1.165) is 12.8 Å². The van der Waals surface area contributed by atoms with E-state index in [1.54, 1.807) is 17.0 Å². The van der Waals surface area contributed by atoms with Crippen molar-refractivity contribution in [3.8, 4) is 5.75 Å². The minimum atomic E-state index is 0.0122. The van der Waals surface area contributed by atoms with Crippen LogP contribution >= 0.6 is 0 Å². The van der Waals surface area contributed by atoms with Gasteiger partial charge in [-0.3, -0.25) is 4.79 Å². The minimum absolute atomic E-state index is 0.0122. The van der Waals surface area contributed by atoms with Crippen molar-refractivity contribution in [3.63, 3.8) is 0 Å². The van der Waals surface area contributed by atoms with Gasteiger partial charge in [0.2, 0.25) is 5.91 Å². The van der Waals surface area contributed by atoms with Crippen LogP contribution in [0.5, 0.6) is 5.75 Å². The van der Waals surface area contributed by atoms with Crippen molar-refractivity contribution >= 4 is 11.6 Å². The van der Waals surface area contributed by atoms with Crippen molar-refractivity contribution in [2.75, 3.05) is 25.5 Å². The number of benzene rings is 1. The van der Waals surface area contributed by atoms with Gasteiger partial charge < -0.3 is 20.5 Å². The highest BCUT2D eigenvalue weighted by atomic mass is 16.5. The van der Waals surface area contributed by atoms with Crippen LogP contribution in [0.4, 0.5) is 5.69 Å². The lowest BCUT2D eigenvalue weighted by molar-refractivity contribution is -0.136. The van der Waals surface area contributed by atoms with Gasteiger partial charge in [0, 0.05) is 24.3 Å². The van der Waals surface area contributed by atoms with Gasteiger partial charge in [-0.1, -0.05) is 6.07 Å². The molecule has 20 heavy (non-hydrogen) atoms. The van der Waals surface area contributed by atoms with E-state index < -0.39 is 0 Å². The molecule has 2 rings (SSSR count). The fourth-order valence-corrected chi connectivity index (χ4v) is 2.32. The zero-order chi connectivity index (χ0) is 14.4. The monoisotopic (exact) mass is 278 g/mol. The summed E-state index contributed by atoms with van der Waals surface area (Å²) >= 11 is 0. The highest BCUT2D eigenvalue weighted by molar-refractivity contribution is 5.76. The molecule has 1 aromatic carbocycles. The first kappa shape index (κ1) is 14.7. The Bertz CT molecular complexity index is 446. The average Bonchev–Trinajstić information content (AvgIpc) is 2.36. The summed E-state index contributed by atoms with van der Waals surface area (Å²) in [6.07, 6.45) is 3.58. The molecular weight excluding hydrogens is 256 g/mol. The van der Waals surface area contributed by atoms with Gasteiger partial charge in [0.1, 0.15) is 5.75 Å². The highest BCUT2D eigenvalue weighted by Gasteiger charge is 2.27. The molecule has 0 heterocycles. The molecule has 0 aliphatic heterocycles. The van der Waals surface area contributed by atoms with Gasteiger partial charge in [-0.2, -0.15) is 0 Å². The Morgan fingerprint density at radius 2 is 2.25 bits per heavy atom. The number of ether oxygens (including phenoxy) is 1. The molecule has 0 saturated heterocycles. The van der Waals surface area contributed by atoms with Crippen LogP contribution in [0.3, 0.4) is 0 Å². The maximum absolute atomic E-state index is 12.1. The molecule has 0 bridgehead atoms. The van der Waals surface area contributed by atoms with Crippen LogP contribution in [-0.2, 0) is 4.79 Å². The summed E-state index contributed by atoms with van der Waals surface area (Å²) in [5.74, 6) is 0.725. The molecule has 0 spiro atoms. The van der Waals surface area contributed by atoms with E-state index in [4.69, 9.17) is 15.6 Å². The molecule has 1 aliphatic rings. The topological polar surface area (TPSA) is 75.8 Å². The fourth-order valence-electron chi connectivity index (χ4n) is 2.32. The normalized spacial score (nSPS) is 14.7. The number of carbonyl (C=O) groups is 1. The number of aliphatic hydroxyl groups is 1. The molecule has 0 atom stereocenters. The maximum Gasteiger partial charge on any atom is 0.226 e. The zero-order valence-electron chi connectivity index (χ0n) is 11.6. The Hall–Kier alpha value is -1.75. The number of rotatable bonds is 7. The Labute approximate surface area is 119 Å². The Morgan fingerprint density at radius 3 is 2.85 bits per heavy atom. The second-order valence-corrected chi connectivity index (χ2v) is 5.07. The first-order chi connectivity index (χ1) is 9.70. The molecule has 0 radical (unpaired) electrons. The van der Waals surface area contributed by atoms with E-state index in [1.165, 1.54) is 6.42 Å². The number of hydrogen-bond donors (Lipinski definition) is 2. The van der Waals surface area contributed by atoms with E-state index in [2.05, 4.69) is 0 Å². The number of nitrogen functional groups attached to an aromatic ring is 1. The number of nitrogens with two attached hydrogens (primary N) is 1. The van der Waals surface area contributed by atoms with Gasteiger partial charge in [0.25, 0.3) is 0 Å². The predicted molar refractivity (Wildman–Crippen MR) is 77.4 cm³/mol. The van der Waals surface area contributed by atoms with E-state index in [-0.39, 0.29) is 12.5 Å². The third kappa shape index (κ3) is 3.87. The molecule has 0 unspecified atom stereocenters. The van der Waals surface area contributed by atoms with Crippen molar-refractivity contribution in [1.82, 2.24) is 4.90 Å². The predicted octanol–water partition coefficient (Wildman–Crippen LogP) is 1.41. The summed E-state index contributed by atoms with van der Waals surface area (Å²) in [6, 6.07) is 7.47. The van der Waals surface area contributed by atoms with Crippen LogP contribution in [-0.4, -0.2) is 41.7 Å². The molecule has 1 amide bonds. The second-order valence-electron chi connectivity index (χ2n) is 5.07. The Balaban J connectivity index is 1.78. The molecule has 1 aliphatic carbocycles. The quantitative estimate of drug-likeness (QED) is 0.739. The van der Waals surface area contributed by atoms with Crippen molar-refractivity contribution in [3.05, 3.63) is 24.3 Å². The van der Waals surface area contributed by atoms with E-state index in [1.807, 2.05) is 12.1 Å². The van der Waals surface area contributed by atoms with Gasteiger partial charge in [-0.05, 0) is 31.4 Å². The highest BCUT2D eigenvalue weighted by Crippen LogP contribution is 2.25. The molecule has 5 heteroatoms. The smallest absolute Gasteiger partial charge is 0.226 e. The number of amides is 1. The first-order valence-corrected chi connectivity index (χ1v) is 7.09. The minimum Gasteiger partial charge on any atom is -0.493 e. The third-order valence-electron chi connectivity index (χ3n) is 3.62. The fraction of sp³-hybridized carbons (Fsp3) is 0.533. The van der Waals surface area contributed by atoms with Crippen LogP contribution in [0.25, 0.3) is 0 Å². The molecule has 1 fully saturated rings. The lowest BCUT2D eigenvalue weighted by Gasteiger charge is -2.37. The third-order valence-corrected chi connectivity index (χ3v) is 3.62. The van der Waals surface area contributed by atoms with Gasteiger partial charge >= 0.3 is 0 Å². The largest absolute Gasteiger partial charge is 0.493 e. The van der Waals surface area contributed by atoms with E-state index in [9.17, 15) is 4.79 Å². The summed E-state index contributed by atoms with van der Waals surface area (Å²) in [5.41, 5.74) is 6.30. The summed E-state index contributed by atoms with van der Waals surface area (Å²) in [6.45, 7) is 0.761. The summed E-state index contributed by atoms with van der Waals surface area (Å²) < 4.78 is 5.53. The zero-order valence-corrected chi connectivity index (χ0v) is 11.6. The molecule has 5 nitrogen and oxygen atoms in total. The van der Waals surface area contributed by atoms with Gasteiger partial charge in [-0.25, -0.2) is 0 Å². The average molecular weight is 278 g/mol. The van der Waals surface area contributed by atoms with Crippen LogP contribution < -0.4 is 10.5 Å². The second kappa shape index (κ2) is 7.14. The SMILES string of the molecule is Nc1cccc(OCCC(=O)N(CCO)C2CCC2)c1. The van der Waals surface area contributed by atoms with Crippen molar-refractivity contribution < 1.29 is 14.6 Å². The summed E-state index contributed by atoms with van der Waals surface area (Å²) in [4.78, 5) is 13.9. The number of hydrogen-bond acceptors (Lipinski definition) is 4. The lowest BCUT2D eigenvalue weighted by Crippen LogP contribution is -2.46. The van der Waals surface area contributed by atoms with Crippen molar-refractivity contribution in [2.24, 2.45) is 0 Å². The van der Waals surface area contributed by atoms with Crippen LogP contribution in [0.15, 0.2) is 24.3 Å².